The molecule has 232 valence electrons. The maximum atomic E-state index is 14.0. The summed E-state index contributed by atoms with van der Waals surface area (Å²) in [6, 6.07) is 6.32. The van der Waals surface area contributed by atoms with Gasteiger partial charge >= 0.3 is 5.69 Å². The zero-order valence-corrected chi connectivity index (χ0v) is 24.4. The van der Waals surface area contributed by atoms with Gasteiger partial charge in [-0.3, -0.25) is 28.8 Å². The summed E-state index contributed by atoms with van der Waals surface area (Å²) in [5.41, 5.74) is -0.0158. The number of fused-ring (bicyclic) bond motifs is 1. The lowest BCUT2D eigenvalue weighted by atomic mass is 10.1. The summed E-state index contributed by atoms with van der Waals surface area (Å²) < 4.78 is 34.6. The van der Waals surface area contributed by atoms with E-state index in [-0.39, 0.29) is 41.4 Å². The van der Waals surface area contributed by atoms with Crippen molar-refractivity contribution in [1.82, 2.24) is 29.4 Å². The molecule has 0 unspecified atom stereocenters. The summed E-state index contributed by atoms with van der Waals surface area (Å²) >= 11 is 0. The van der Waals surface area contributed by atoms with E-state index in [9.17, 15) is 28.0 Å². The van der Waals surface area contributed by atoms with Crippen molar-refractivity contribution in [2.45, 2.75) is 51.7 Å². The molecule has 0 radical (unpaired) electrons. The highest BCUT2D eigenvalue weighted by Gasteiger charge is 2.24. The molecule has 3 aromatic heterocycles. The molecular weight excluding hydrogens is 576 g/mol. The molecule has 2 N–H and O–H groups in total. The Labute approximate surface area is 250 Å². The lowest BCUT2D eigenvalue weighted by Crippen LogP contribution is -2.35. The van der Waals surface area contributed by atoms with E-state index in [2.05, 4.69) is 19.9 Å². The molecule has 5 rings (SSSR count). The van der Waals surface area contributed by atoms with Crippen LogP contribution in [0.1, 0.15) is 60.5 Å². The van der Waals surface area contributed by atoms with Crippen molar-refractivity contribution in [1.29, 1.82) is 0 Å². The average Bonchev–Trinajstić information content (AvgIpc) is 3.63. The first-order chi connectivity index (χ1) is 21.2. The molecule has 1 aliphatic rings. The maximum absolute atomic E-state index is 14.0. The van der Waals surface area contributed by atoms with Crippen molar-refractivity contribution >= 4 is 28.8 Å². The molecule has 2 amide bonds. The summed E-state index contributed by atoms with van der Waals surface area (Å²) in [7, 11) is 1.51. The zero-order valence-electron chi connectivity index (χ0n) is 24.4. The van der Waals surface area contributed by atoms with Gasteiger partial charge in [0.25, 0.3) is 11.5 Å². The van der Waals surface area contributed by atoms with Crippen molar-refractivity contribution in [2.24, 2.45) is 0 Å². The molecule has 0 spiro atoms. The van der Waals surface area contributed by atoms with Gasteiger partial charge in [0, 0.05) is 57.9 Å². The molecular formula is C30H33F2N7O5. The van der Waals surface area contributed by atoms with Crippen LogP contribution in [0.25, 0.3) is 11.2 Å². The average molecular weight is 610 g/mol. The molecule has 4 aromatic rings. The van der Waals surface area contributed by atoms with Gasteiger partial charge in [-0.1, -0.05) is 13.0 Å². The van der Waals surface area contributed by atoms with Crippen molar-refractivity contribution in [2.75, 3.05) is 31.6 Å². The number of anilines is 1. The SMILES string of the molecule is CCCn1c(=O)[nH]c(=O)c2[nH]c(C[C@H](OC)c3ccc(N(CCCN4CCCC4=O)C(=O)c4ccc(F)c(F)c4)nc3)nc21. The van der Waals surface area contributed by atoms with Crippen LogP contribution in [-0.4, -0.2) is 68.0 Å². The molecule has 1 aliphatic heterocycles. The summed E-state index contributed by atoms with van der Waals surface area (Å²) in [6.45, 7) is 3.61. The van der Waals surface area contributed by atoms with E-state index in [0.29, 0.717) is 50.3 Å². The van der Waals surface area contributed by atoms with Gasteiger partial charge in [-0.2, -0.15) is 0 Å². The number of hydrogen-bond acceptors (Lipinski definition) is 7. The number of carbonyl (C=O) groups excluding carboxylic acids is 2. The predicted molar refractivity (Wildman–Crippen MR) is 157 cm³/mol. The number of aromatic nitrogens is 5. The van der Waals surface area contributed by atoms with Gasteiger partial charge in [-0.25, -0.2) is 23.5 Å². The number of aromatic amines is 2. The van der Waals surface area contributed by atoms with Crippen LogP contribution in [0.2, 0.25) is 0 Å². The van der Waals surface area contributed by atoms with E-state index in [1.54, 1.807) is 23.2 Å². The predicted octanol–water partition coefficient (Wildman–Crippen LogP) is 3.09. The molecule has 0 bridgehead atoms. The monoisotopic (exact) mass is 609 g/mol. The van der Waals surface area contributed by atoms with Crippen molar-refractivity contribution in [3.63, 3.8) is 0 Å². The number of methoxy groups -OCH3 is 1. The molecule has 1 saturated heterocycles. The third kappa shape index (κ3) is 6.44. The molecule has 1 atom stereocenters. The summed E-state index contributed by atoms with van der Waals surface area (Å²) in [6.07, 6.45) is 3.66. The first-order valence-electron chi connectivity index (χ1n) is 14.4. The number of rotatable bonds is 12. The smallest absolute Gasteiger partial charge is 0.330 e. The van der Waals surface area contributed by atoms with E-state index in [0.717, 1.165) is 18.6 Å². The van der Waals surface area contributed by atoms with Crippen LogP contribution in [0.5, 0.6) is 0 Å². The molecule has 1 aromatic carbocycles. The molecule has 14 heteroatoms. The largest absolute Gasteiger partial charge is 0.376 e. The second-order valence-electron chi connectivity index (χ2n) is 10.6. The fourth-order valence-corrected chi connectivity index (χ4v) is 5.34. The van der Waals surface area contributed by atoms with E-state index >= 15 is 0 Å². The van der Waals surface area contributed by atoms with Crippen LogP contribution in [-0.2, 0) is 22.5 Å². The minimum Gasteiger partial charge on any atom is -0.376 e. The van der Waals surface area contributed by atoms with Crippen molar-refractivity contribution in [3.05, 3.63) is 86.0 Å². The van der Waals surface area contributed by atoms with Crippen LogP contribution < -0.4 is 16.1 Å². The van der Waals surface area contributed by atoms with Gasteiger partial charge in [-0.15, -0.1) is 0 Å². The molecule has 0 saturated carbocycles. The minimum absolute atomic E-state index is 0.0387. The van der Waals surface area contributed by atoms with Gasteiger partial charge in [-0.05, 0) is 49.1 Å². The standard InChI is InChI=1S/C30H33F2N7O5/c1-3-11-39-27-26(28(41)36-30(39)43)34-23(35-27)16-22(44-2)19-8-10-24(33-17-19)38(14-5-13-37-12-4-6-25(37)40)29(42)18-7-9-20(31)21(32)15-18/h7-10,15,17,22H,3-6,11-14,16H2,1-2H3,(H,34,35)(H,36,41,43)/t22-/m0/s1. The number of imidazole rings is 1. The number of H-pyrrole nitrogens is 2. The summed E-state index contributed by atoms with van der Waals surface area (Å²) in [5, 5.41) is 0. The van der Waals surface area contributed by atoms with Crippen LogP contribution in [0.4, 0.5) is 14.6 Å². The van der Waals surface area contributed by atoms with E-state index < -0.39 is 34.9 Å². The lowest BCUT2D eigenvalue weighted by Gasteiger charge is -2.24. The quantitative estimate of drug-likeness (QED) is 0.251. The van der Waals surface area contributed by atoms with Crippen LogP contribution >= 0.6 is 0 Å². The Balaban J connectivity index is 1.38. The van der Waals surface area contributed by atoms with Gasteiger partial charge in [0.1, 0.15) is 17.2 Å². The summed E-state index contributed by atoms with van der Waals surface area (Å²) in [5.74, 6) is -1.97. The van der Waals surface area contributed by atoms with Gasteiger partial charge < -0.3 is 14.6 Å². The fourth-order valence-electron chi connectivity index (χ4n) is 5.34. The number of pyridine rings is 1. The molecule has 44 heavy (non-hydrogen) atoms. The number of likely N-dealkylation sites (tertiary alicyclic amines) is 1. The number of ether oxygens (including phenoxy) is 1. The second-order valence-corrected chi connectivity index (χ2v) is 10.6. The second kappa shape index (κ2) is 13.3. The lowest BCUT2D eigenvalue weighted by molar-refractivity contribution is -0.127. The highest BCUT2D eigenvalue weighted by Crippen LogP contribution is 2.24. The van der Waals surface area contributed by atoms with Crippen LogP contribution in [0.15, 0.2) is 46.1 Å². The van der Waals surface area contributed by atoms with Gasteiger partial charge in [0.2, 0.25) is 5.91 Å². The highest BCUT2D eigenvalue weighted by atomic mass is 19.2. The van der Waals surface area contributed by atoms with E-state index in [1.165, 1.54) is 22.6 Å². The van der Waals surface area contributed by atoms with Gasteiger partial charge in [0.15, 0.2) is 17.3 Å². The molecule has 12 nitrogen and oxygen atoms in total. The Morgan fingerprint density at radius 2 is 1.93 bits per heavy atom. The maximum Gasteiger partial charge on any atom is 0.330 e. The Kier molecular flexibility index (Phi) is 9.28. The third-order valence-electron chi connectivity index (χ3n) is 7.60. The Bertz CT molecular complexity index is 1780. The molecule has 0 aliphatic carbocycles. The van der Waals surface area contributed by atoms with Crippen LogP contribution in [0.3, 0.4) is 0 Å². The van der Waals surface area contributed by atoms with Gasteiger partial charge in [0.05, 0.1) is 6.10 Å². The zero-order chi connectivity index (χ0) is 31.4. The molecule has 1 fully saturated rings. The van der Waals surface area contributed by atoms with Crippen molar-refractivity contribution < 1.29 is 23.1 Å². The topological polar surface area (TPSA) is 146 Å². The number of halogens is 2. The Morgan fingerprint density at radius 1 is 1.11 bits per heavy atom. The normalized spacial score (nSPS) is 14.0. The number of aryl methyl sites for hydroxylation is 1. The number of nitrogens with one attached hydrogen (secondary N) is 2. The minimum atomic E-state index is -1.14. The number of hydrogen-bond donors (Lipinski definition) is 2. The summed E-state index contributed by atoms with van der Waals surface area (Å²) in [4.78, 5) is 67.6. The molecule has 4 heterocycles. The highest BCUT2D eigenvalue weighted by molar-refractivity contribution is 6.05. The number of carbonyl (C=O) groups is 2. The van der Waals surface area contributed by atoms with Crippen molar-refractivity contribution in [3.8, 4) is 0 Å². The number of nitrogens with zero attached hydrogens (tertiary/aromatic N) is 5. The first kappa shape index (κ1) is 30.7. The third-order valence-corrected chi connectivity index (χ3v) is 7.60. The Morgan fingerprint density at radius 3 is 2.59 bits per heavy atom. The first-order valence-corrected chi connectivity index (χ1v) is 14.4. The fraction of sp³-hybridized carbons (Fsp3) is 0.400. The van der Waals surface area contributed by atoms with E-state index in [1.807, 2.05) is 6.92 Å². The van der Waals surface area contributed by atoms with E-state index in [4.69, 9.17) is 4.74 Å². The number of benzene rings is 1. The number of amides is 2. The van der Waals surface area contributed by atoms with Crippen LogP contribution in [0, 0.1) is 11.6 Å². The Hall–Kier alpha value is -4.72.